The van der Waals surface area contributed by atoms with Gasteiger partial charge in [0.2, 0.25) is 0 Å². The third-order valence-corrected chi connectivity index (χ3v) is 3.94. The second kappa shape index (κ2) is 5.03. The molecule has 7 heteroatoms. The Hall–Kier alpha value is -0.850. The SMILES string of the molecule is Cl.O=C1OC2(CCNCC2)c2cccnc2N1Br. The van der Waals surface area contributed by atoms with Gasteiger partial charge in [0.05, 0.1) is 16.1 Å². The molecule has 0 aromatic carbocycles. The summed E-state index contributed by atoms with van der Waals surface area (Å²) in [6.45, 7) is 1.70. The Labute approximate surface area is 120 Å². The monoisotopic (exact) mass is 333 g/mol. The van der Waals surface area contributed by atoms with E-state index in [0.29, 0.717) is 5.82 Å². The van der Waals surface area contributed by atoms with Gasteiger partial charge in [-0.2, -0.15) is 3.93 Å². The number of anilines is 1. The van der Waals surface area contributed by atoms with Crippen molar-refractivity contribution in [2.75, 3.05) is 17.0 Å². The van der Waals surface area contributed by atoms with Gasteiger partial charge in [-0.05, 0) is 25.2 Å². The van der Waals surface area contributed by atoms with Crippen molar-refractivity contribution in [3.05, 3.63) is 23.9 Å². The molecule has 1 saturated heterocycles. The molecule has 1 amide bonds. The number of hydrogen-bond acceptors (Lipinski definition) is 4. The third-order valence-electron chi connectivity index (χ3n) is 3.32. The van der Waals surface area contributed by atoms with Gasteiger partial charge in [-0.3, -0.25) is 0 Å². The minimum Gasteiger partial charge on any atom is -0.437 e. The Kier molecular flexibility index (Phi) is 3.79. The predicted molar refractivity (Wildman–Crippen MR) is 73.2 cm³/mol. The zero-order chi connectivity index (χ0) is 11.9. The average Bonchev–Trinajstić information content (AvgIpc) is 2.38. The molecule has 1 spiro atoms. The maximum Gasteiger partial charge on any atom is 0.426 e. The first kappa shape index (κ1) is 13.6. The van der Waals surface area contributed by atoms with E-state index in [-0.39, 0.29) is 12.4 Å². The highest BCUT2D eigenvalue weighted by Gasteiger charge is 2.46. The molecular formula is C11H13BrClN3O2. The fraction of sp³-hybridized carbons (Fsp3) is 0.455. The van der Waals surface area contributed by atoms with Gasteiger partial charge < -0.3 is 10.1 Å². The van der Waals surface area contributed by atoms with Crippen LogP contribution in [0.1, 0.15) is 18.4 Å². The van der Waals surface area contributed by atoms with Gasteiger partial charge in [0.25, 0.3) is 0 Å². The summed E-state index contributed by atoms with van der Waals surface area (Å²) in [7, 11) is 0. The molecule has 3 heterocycles. The minimum atomic E-state index is -0.504. The maximum atomic E-state index is 11.8. The molecule has 0 radical (unpaired) electrons. The number of nitrogens with one attached hydrogen (secondary N) is 1. The molecule has 0 unspecified atom stereocenters. The summed E-state index contributed by atoms with van der Waals surface area (Å²) < 4.78 is 6.90. The summed E-state index contributed by atoms with van der Waals surface area (Å²) >= 11 is 3.18. The lowest BCUT2D eigenvalue weighted by Gasteiger charge is -2.42. The van der Waals surface area contributed by atoms with Gasteiger partial charge in [0.1, 0.15) is 5.60 Å². The number of carbonyl (C=O) groups is 1. The van der Waals surface area contributed by atoms with Crippen LogP contribution in [0.4, 0.5) is 10.6 Å². The van der Waals surface area contributed by atoms with Crippen LogP contribution >= 0.6 is 28.6 Å². The highest BCUT2D eigenvalue weighted by Crippen LogP contribution is 2.44. The number of rotatable bonds is 0. The van der Waals surface area contributed by atoms with Crippen LogP contribution < -0.4 is 9.24 Å². The second-order valence-corrected chi connectivity index (χ2v) is 4.98. The van der Waals surface area contributed by atoms with Crippen LogP contribution in [0, 0.1) is 0 Å². The Morgan fingerprint density at radius 1 is 1.44 bits per heavy atom. The zero-order valence-corrected chi connectivity index (χ0v) is 12.0. The standard InChI is InChI=1S/C11H12BrN3O2.ClH/c12-15-9-8(2-1-5-14-9)11(17-10(15)16)3-6-13-7-4-11;/h1-2,5,13H,3-4,6-7H2;1H. The quantitative estimate of drug-likeness (QED) is 0.740. The van der Waals surface area contributed by atoms with Gasteiger partial charge in [-0.15, -0.1) is 12.4 Å². The average molecular weight is 335 g/mol. The molecule has 1 N–H and O–H groups in total. The fourth-order valence-electron chi connectivity index (χ4n) is 2.46. The molecule has 1 aromatic rings. The van der Waals surface area contributed by atoms with E-state index in [2.05, 4.69) is 26.4 Å². The van der Waals surface area contributed by atoms with Crippen LogP contribution in [-0.4, -0.2) is 24.2 Å². The molecule has 0 saturated carbocycles. The van der Waals surface area contributed by atoms with Gasteiger partial charge in [0, 0.05) is 24.6 Å². The Morgan fingerprint density at radius 2 is 2.17 bits per heavy atom. The summed E-state index contributed by atoms with van der Waals surface area (Å²) in [5.74, 6) is 0.644. The number of ether oxygens (including phenoxy) is 1. The van der Waals surface area contributed by atoms with Crippen molar-refractivity contribution < 1.29 is 9.53 Å². The lowest BCUT2D eigenvalue weighted by atomic mass is 9.84. The lowest BCUT2D eigenvalue weighted by Crippen LogP contribution is -2.48. The number of carbonyl (C=O) groups excluding carboxylic acids is 1. The number of fused-ring (bicyclic) bond motifs is 2. The van der Waals surface area contributed by atoms with E-state index < -0.39 is 11.7 Å². The number of amides is 1. The van der Waals surface area contributed by atoms with Crippen molar-refractivity contribution in [2.45, 2.75) is 18.4 Å². The molecule has 2 aliphatic rings. The zero-order valence-electron chi connectivity index (χ0n) is 9.56. The Bertz CT molecular complexity index is 465. The smallest absolute Gasteiger partial charge is 0.426 e. The van der Waals surface area contributed by atoms with Crippen LogP contribution in [0.15, 0.2) is 18.3 Å². The largest absolute Gasteiger partial charge is 0.437 e. The van der Waals surface area contributed by atoms with Gasteiger partial charge in [0.15, 0.2) is 5.82 Å². The number of hydrogen-bond donors (Lipinski definition) is 1. The van der Waals surface area contributed by atoms with E-state index in [1.165, 1.54) is 3.93 Å². The highest BCUT2D eigenvalue weighted by molar-refractivity contribution is 9.10. The lowest BCUT2D eigenvalue weighted by molar-refractivity contribution is -0.0151. The number of nitrogens with zero attached hydrogens (tertiary/aromatic N) is 2. The Morgan fingerprint density at radius 3 is 2.89 bits per heavy atom. The first-order valence-electron chi connectivity index (χ1n) is 5.58. The minimum absolute atomic E-state index is 0. The molecule has 0 atom stereocenters. The van der Waals surface area contributed by atoms with E-state index in [1.54, 1.807) is 6.20 Å². The van der Waals surface area contributed by atoms with Crippen LogP contribution in [0.2, 0.25) is 0 Å². The normalized spacial score (nSPS) is 20.9. The van der Waals surface area contributed by atoms with Crippen molar-refractivity contribution in [3.63, 3.8) is 0 Å². The summed E-state index contributed by atoms with van der Waals surface area (Å²) in [6, 6.07) is 3.86. The molecular weight excluding hydrogens is 321 g/mol. The topological polar surface area (TPSA) is 54.5 Å². The number of aromatic nitrogens is 1. The summed E-state index contributed by atoms with van der Waals surface area (Å²) in [5.41, 5.74) is 0.480. The van der Waals surface area contributed by atoms with Crippen molar-refractivity contribution in [2.24, 2.45) is 0 Å². The molecule has 2 aliphatic heterocycles. The summed E-state index contributed by atoms with van der Waals surface area (Å²) in [4.78, 5) is 16.1. The van der Waals surface area contributed by atoms with E-state index in [0.717, 1.165) is 31.5 Å². The number of pyridine rings is 1. The van der Waals surface area contributed by atoms with E-state index in [4.69, 9.17) is 4.74 Å². The van der Waals surface area contributed by atoms with E-state index >= 15 is 0 Å². The molecule has 98 valence electrons. The molecule has 0 bridgehead atoms. The van der Waals surface area contributed by atoms with Crippen LogP contribution in [0.5, 0.6) is 0 Å². The van der Waals surface area contributed by atoms with Crippen LogP contribution in [-0.2, 0) is 10.3 Å². The van der Waals surface area contributed by atoms with E-state index in [1.807, 2.05) is 12.1 Å². The number of piperidine rings is 1. The van der Waals surface area contributed by atoms with Gasteiger partial charge in [-0.1, -0.05) is 0 Å². The van der Waals surface area contributed by atoms with Crippen molar-refractivity contribution in [1.82, 2.24) is 10.3 Å². The third kappa shape index (κ3) is 1.98. The summed E-state index contributed by atoms with van der Waals surface area (Å²) in [6.07, 6.45) is 2.87. The molecule has 3 rings (SSSR count). The Balaban J connectivity index is 0.00000120. The van der Waals surface area contributed by atoms with Crippen molar-refractivity contribution >= 4 is 40.5 Å². The van der Waals surface area contributed by atoms with Crippen LogP contribution in [0.25, 0.3) is 0 Å². The molecule has 1 aromatic heterocycles. The van der Waals surface area contributed by atoms with Crippen molar-refractivity contribution in [3.8, 4) is 0 Å². The molecule has 0 aliphatic carbocycles. The predicted octanol–water partition coefficient (Wildman–Crippen LogP) is 2.35. The maximum absolute atomic E-state index is 11.8. The first-order chi connectivity index (χ1) is 8.23. The number of halogens is 2. The van der Waals surface area contributed by atoms with Gasteiger partial charge in [-0.25, -0.2) is 9.78 Å². The molecule has 18 heavy (non-hydrogen) atoms. The summed E-state index contributed by atoms with van der Waals surface area (Å²) in [5, 5.41) is 3.28. The van der Waals surface area contributed by atoms with E-state index in [9.17, 15) is 4.79 Å². The highest BCUT2D eigenvalue weighted by atomic mass is 79.9. The van der Waals surface area contributed by atoms with Gasteiger partial charge >= 0.3 is 6.09 Å². The van der Waals surface area contributed by atoms with Crippen molar-refractivity contribution in [1.29, 1.82) is 0 Å². The molecule has 5 nitrogen and oxygen atoms in total. The fourth-order valence-corrected chi connectivity index (χ4v) is 2.81. The molecule has 1 fully saturated rings. The first-order valence-corrected chi connectivity index (χ1v) is 6.29. The second-order valence-electron chi connectivity index (χ2n) is 4.27. The van der Waals surface area contributed by atoms with Crippen LogP contribution in [0.3, 0.4) is 0 Å².